The SMILES string of the molecule is CCn1ccnc(N2CCCC(C)C2C(=O)O)c1=O. The van der Waals surface area contributed by atoms with E-state index in [2.05, 4.69) is 4.98 Å². The summed E-state index contributed by atoms with van der Waals surface area (Å²) >= 11 is 0. The van der Waals surface area contributed by atoms with Crippen LogP contribution in [-0.4, -0.2) is 33.2 Å². The summed E-state index contributed by atoms with van der Waals surface area (Å²) in [4.78, 5) is 29.4. The Hall–Kier alpha value is -1.85. The van der Waals surface area contributed by atoms with E-state index in [1.165, 1.54) is 0 Å². The Morgan fingerprint density at radius 1 is 1.58 bits per heavy atom. The standard InChI is InChI=1S/C13H19N3O3/c1-3-15-8-6-14-11(12(15)17)16-7-4-5-9(2)10(16)13(18)19/h6,8-10H,3-5,7H2,1-2H3,(H,18,19). The molecule has 2 rings (SSSR count). The van der Waals surface area contributed by atoms with Crippen molar-refractivity contribution < 1.29 is 9.90 Å². The van der Waals surface area contributed by atoms with Crippen LogP contribution in [0.5, 0.6) is 0 Å². The van der Waals surface area contributed by atoms with Gasteiger partial charge in [0.1, 0.15) is 6.04 Å². The summed E-state index contributed by atoms with van der Waals surface area (Å²) in [6, 6.07) is -0.665. The number of aliphatic carboxylic acids is 1. The molecule has 1 fully saturated rings. The average molecular weight is 265 g/mol. The van der Waals surface area contributed by atoms with Gasteiger partial charge in [-0.1, -0.05) is 6.92 Å². The summed E-state index contributed by atoms with van der Waals surface area (Å²) in [5.74, 6) is -0.619. The minimum absolute atomic E-state index is 0.0164. The first-order valence-corrected chi connectivity index (χ1v) is 6.61. The minimum atomic E-state index is -0.889. The molecule has 1 N–H and O–H groups in total. The second-order valence-electron chi connectivity index (χ2n) is 4.94. The number of carboxylic acid groups (broad SMARTS) is 1. The third-order valence-corrected chi connectivity index (χ3v) is 3.69. The Labute approximate surface area is 111 Å². The summed E-state index contributed by atoms with van der Waals surface area (Å²) in [5, 5.41) is 9.38. The smallest absolute Gasteiger partial charge is 0.326 e. The summed E-state index contributed by atoms with van der Waals surface area (Å²) < 4.78 is 1.54. The maximum Gasteiger partial charge on any atom is 0.326 e. The van der Waals surface area contributed by atoms with E-state index in [1.807, 2.05) is 13.8 Å². The van der Waals surface area contributed by atoms with E-state index in [-0.39, 0.29) is 17.3 Å². The monoisotopic (exact) mass is 265 g/mol. The first-order chi connectivity index (χ1) is 9.06. The molecule has 104 valence electrons. The maximum atomic E-state index is 12.2. The third-order valence-electron chi connectivity index (χ3n) is 3.69. The Morgan fingerprint density at radius 3 is 2.95 bits per heavy atom. The molecule has 0 amide bonds. The topological polar surface area (TPSA) is 75.4 Å². The number of rotatable bonds is 3. The predicted octanol–water partition coefficient (Wildman–Crippen LogP) is 0.953. The molecule has 1 aromatic heterocycles. The number of nitrogens with zero attached hydrogens (tertiary/aromatic N) is 3. The van der Waals surface area contributed by atoms with Crippen LogP contribution in [0.15, 0.2) is 17.2 Å². The van der Waals surface area contributed by atoms with Gasteiger partial charge in [-0.15, -0.1) is 0 Å². The molecule has 6 heteroatoms. The van der Waals surface area contributed by atoms with Crippen LogP contribution in [-0.2, 0) is 11.3 Å². The lowest BCUT2D eigenvalue weighted by molar-refractivity contribution is -0.140. The van der Waals surface area contributed by atoms with E-state index in [9.17, 15) is 14.7 Å². The Balaban J connectivity index is 2.44. The van der Waals surface area contributed by atoms with Gasteiger partial charge in [0.25, 0.3) is 5.56 Å². The van der Waals surface area contributed by atoms with Crippen molar-refractivity contribution in [3.05, 3.63) is 22.7 Å². The zero-order valence-corrected chi connectivity index (χ0v) is 11.2. The van der Waals surface area contributed by atoms with Crippen LogP contribution in [0.4, 0.5) is 5.82 Å². The molecule has 2 atom stereocenters. The van der Waals surface area contributed by atoms with E-state index < -0.39 is 12.0 Å². The number of hydrogen-bond donors (Lipinski definition) is 1. The molecular weight excluding hydrogens is 246 g/mol. The Kier molecular flexibility index (Phi) is 3.87. The molecule has 0 bridgehead atoms. The number of hydrogen-bond acceptors (Lipinski definition) is 4. The van der Waals surface area contributed by atoms with Crippen molar-refractivity contribution >= 4 is 11.8 Å². The average Bonchev–Trinajstić information content (AvgIpc) is 2.38. The van der Waals surface area contributed by atoms with Gasteiger partial charge in [-0.2, -0.15) is 0 Å². The fraction of sp³-hybridized carbons (Fsp3) is 0.615. The van der Waals surface area contributed by atoms with Gasteiger partial charge in [0, 0.05) is 25.5 Å². The molecule has 0 aliphatic carbocycles. The molecule has 0 spiro atoms. The summed E-state index contributed by atoms with van der Waals surface area (Å²) in [6.07, 6.45) is 4.92. The molecule has 19 heavy (non-hydrogen) atoms. The van der Waals surface area contributed by atoms with Crippen molar-refractivity contribution in [2.75, 3.05) is 11.4 Å². The Bertz CT molecular complexity index is 526. The van der Waals surface area contributed by atoms with Crippen LogP contribution in [0.3, 0.4) is 0 Å². The second kappa shape index (κ2) is 5.42. The van der Waals surface area contributed by atoms with Crippen molar-refractivity contribution in [3.8, 4) is 0 Å². The number of aromatic nitrogens is 2. The molecular formula is C13H19N3O3. The van der Waals surface area contributed by atoms with E-state index in [0.717, 1.165) is 12.8 Å². The second-order valence-corrected chi connectivity index (χ2v) is 4.94. The van der Waals surface area contributed by atoms with Crippen LogP contribution in [0.25, 0.3) is 0 Å². The Morgan fingerprint density at radius 2 is 2.32 bits per heavy atom. The summed E-state index contributed by atoms with van der Waals surface area (Å²) in [5.41, 5.74) is -0.217. The van der Waals surface area contributed by atoms with Crippen LogP contribution in [0.1, 0.15) is 26.7 Å². The molecule has 6 nitrogen and oxygen atoms in total. The van der Waals surface area contributed by atoms with Crippen LogP contribution < -0.4 is 10.5 Å². The van der Waals surface area contributed by atoms with E-state index in [1.54, 1.807) is 21.9 Å². The van der Waals surface area contributed by atoms with Gasteiger partial charge >= 0.3 is 5.97 Å². The van der Waals surface area contributed by atoms with Crippen LogP contribution in [0.2, 0.25) is 0 Å². The van der Waals surface area contributed by atoms with Crippen LogP contribution in [0, 0.1) is 5.92 Å². The summed E-state index contributed by atoms with van der Waals surface area (Å²) in [6.45, 7) is 4.90. The van der Waals surface area contributed by atoms with Gasteiger partial charge in [-0.3, -0.25) is 4.79 Å². The minimum Gasteiger partial charge on any atom is -0.480 e. The largest absolute Gasteiger partial charge is 0.480 e. The van der Waals surface area contributed by atoms with Gasteiger partial charge in [0.05, 0.1) is 0 Å². The molecule has 0 aromatic carbocycles. The molecule has 0 radical (unpaired) electrons. The van der Waals surface area contributed by atoms with Crippen molar-refractivity contribution in [2.24, 2.45) is 5.92 Å². The molecule has 2 heterocycles. The highest BCUT2D eigenvalue weighted by Crippen LogP contribution is 2.25. The first-order valence-electron chi connectivity index (χ1n) is 6.61. The molecule has 2 unspecified atom stereocenters. The lowest BCUT2D eigenvalue weighted by atomic mass is 9.91. The zero-order valence-electron chi connectivity index (χ0n) is 11.2. The highest BCUT2D eigenvalue weighted by atomic mass is 16.4. The quantitative estimate of drug-likeness (QED) is 0.880. The summed E-state index contributed by atoms with van der Waals surface area (Å²) in [7, 11) is 0. The fourth-order valence-corrected chi connectivity index (χ4v) is 2.68. The molecule has 1 aliphatic heterocycles. The van der Waals surface area contributed by atoms with Gasteiger partial charge < -0.3 is 14.6 Å². The number of anilines is 1. The van der Waals surface area contributed by atoms with Gasteiger partial charge in [-0.25, -0.2) is 9.78 Å². The number of carboxylic acids is 1. The highest BCUT2D eigenvalue weighted by Gasteiger charge is 2.36. The number of carbonyl (C=O) groups is 1. The van der Waals surface area contributed by atoms with Gasteiger partial charge in [0.2, 0.25) is 0 Å². The van der Waals surface area contributed by atoms with Gasteiger partial charge in [0.15, 0.2) is 5.82 Å². The van der Waals surface area contributed by atoms with Crippen molar-refractivity contribution in [1.29, 1.82) is 0 Å². The van der Waals surface area contributed by atoms with Crippen molar-refractivity contribution in [1.82, 2.24) is 9.55 Å². The van der Waals surface area contributed by atoms with Crippen LogP contribution >= 0.6 is 0 Å². The number of aryl methyl sites for hydroxylation is 1. The lowest BCUT2D eigenvalue weighted by Gasteiger charge is -2.37. The molecule has 1 aromatic rings. The lowest BCUT2D eigenvalue weighted by Crippen LogP contribution is -2.51. The van der Waals surface area contributed by atoms with E-state index in [0.29, 0.717) is 13.1 Å². The van der Waals surface area contributed by atoms with Gasteiger partial charge in [-0.05, 0) is 25.7 Å². The predicted molar refractivity (Wildman–Crippen MR) is 71.3 cm³/mol. The highest BCUT2D eigenvalue weighted by molar-refractivity contribution is 5.78. The molecule has 1 aliphatic rings. The van der Waals surface area contributed by atoms with E-state index in [4.69, 9.17) is 0 Å². The molecule has 0 saturated carbocycles. The normalized spacial score (nSPS) is 23.4. The van der Waals surface area contributed by atoms with Crippen molar-refractivity contribution in [2.45, 2.75) is 39.3 Å². The zero-order chi connectivity index (χ0) is 14.0. The fourth-order valence-electron chi connectivity index (χ4n) is 2.68. The van der Waals surface area contributed by atoms with E-state index >= 15 is 0 Å². The maximum absolute atomic E-state index is 12.2. The third kappa shape index (κ3) is 2.47. The number of piperidine rings is 1. The van der Waals surface area contributed by atoms with Crippen molar-refractivity contribution in [3.63, 3.8) is 0 Å². The molecule has 1 saturated heterocycles. The first kappa shape index (κ1) is 13.6.